The summed E-state index contributed by atoms with van der Waals surface area (Å²) in [4.78, 5) is 32.5. The van der Waals surface area contributed by atoms with Crippen molar-refractivity contribution in [2.24, 2.45) is 5.73 Å². The zero-order chi connectivity index (χ0) is 12.7. The van der Waals surface area contributed by atoms with Gasteiger partial charge in [0.1, 0.15) is 0 Å². The van der Waals surface area contributed by atoms with Crippen molar-refractivity contribution in [1.29, 1.82) is 0 Å². The zero-order valence-corrected chi connectivity index (χ0v) is 8.67. The van der Waals surface area contributed by atoms with Crippen LogP contribution in [0.25, 0.3) is 0 Å². The fourth-order valence-electron chi connectivity index (χ4n) is 0.881. The zero-order valence-electron chi connectivity index (χ0n) is 8.67. The number of carboxylic acids is 1. The van der Waals surface area contributed by atoms with E-state index in [-0.39, 0.29) is 0 Å². The number of aliphatic hydroxyl groups is 1. The van der Waals surface area contributed by atoms with E-state index in [9.17, 15) is 14.4 Å². The lowest BCUT2D eigenvalue weighted by Gasteiger charge is -2.16. The molecule has 0 rings (SSSR count). The summed E-state index contributed by atoms with van der Waals surface area (Å²) in [5.41, 5.74) is 5.24. The summed E-state index contributed by atoms with van der Waals surface area (Å²) in [7, 11) is 1.09. The molecule has 0 spiro atoms. The highest BCUT2D eigenvalue weighted by molar-refractivity contribution is 5.89. The Morgan fingerprint density at radius 3 is 2.38 bits per heavy atom. The summed E-state index contributed by atoms with van der Waals surface area (Å²) in [6.07, 6.45) is -0.564. The molecule has 0 saturated carbocycles. The number of hydrogen-bond donors (Lipinski definition) is 4. The Hall–Kier alpha value is -1.67. The van der Waals surface area contributed by atoms with Crippen molar-refractivity contribution in [2.45, 2.75) is 18.5 Å². The molecule has 8 heteroatoms. The number of aliphatic carboxylic acids is 1. The predicted octanol–water partition coefficient (Wildman–Crippen LogP) is -2.56. The highest BCUT2D eigenvalue weighted by atomic mass is 16.5. The predicted molar refractivity (Wildman–Crippen MR) is 51.3 cm³/mol. The van der Waals surface area contributed by atoms with Crippen molar-refractivity contribution in [3.8, 4) is 0 Å². The van der Waals surface area contributed by atoms with Gasteiger partial charge in [0.15, 0.2) is 6.04 Å². The van der Waals surface area contributed by atoms with Gasteiger partial charge >= 0.3 is 11.9 Å². The van der Waals surface area contributed by atoms with Crippen LogP contribution in [-0.4, -0.2) is 53.9 Å². The van der Waals surface area contributed by atoms with Crippen molar-refractivity contribution in [1.82, 2.24) is 5.32 Å². The number of carbonyl (C=O) groups excluding carboxylic acids is 2. The maximum absolute atomic E-state index is 11.2. The van der Waals surface area contributed by atoms with Crippen LogP contribution in [0.1, 0.15) is 6.42 Å². The fraction of sp³-hybridized carbons (Fsp3) is 0.625. The third-order valence-electron chi connectivity index (χ3n) is 1.72. The van der Waals surface area contributed by atoms with Crippen LogP contribution < -0.4 is 11.1 Å². The Balaban J connectivity index is 4.29. The van der Waals surface area contributed by atoms with Crippen molar-refractivity contribution in [2.75, 3.05) is 13.7 Å². The Morgan fingerprint density at radius 1 is 1.44 bits per heavy atom. The molecule has 1 amide bonds. The van der Waals surface area contributed by atoms with Gasteiger partial charge in [0.05, 0.1) is 26.2 Å². The summed E-state index contributed by atoms with van der Waals surface area (Å²) in [5.74, 6) is -2.91. The smallest absolute Gasteiger partial charge is 0.330 e. The molecular formula is C8H14N2O6. The molecule has 0 aromatic heterocycles. The lowest BCUT2D eigenvalue weighted by molar-refractivity contribution is -0.146. The number of nitrogens with one attached hydrogen (secondary N) is 1. The summed E-state index contributed by atoms with van der Waals surface area (Å²) < 4.78 is 4.29. The first-order chi connectivity index (χ1) is 7.42. The second kappa shape index (κ2) is 6.75. The van der Waals surface area contributed by atoms with Crippen molar-refractivity contribution < 1.29 is 29.3 Å². The summed E-state index contributed by atoms with van der Waals surface area (Å²) in [5, 5.41) is 19.2. The molecule has 92 valence electrons. The standard InChI is InChI=1S/C8H14N2O6/c1-16-8(15)5(3-11)10-7(14)4(9)2-6(12)13/h4-5,11H,2-3,9H2,1H3,(H,10,14)(H,12,13)/t4-,5+/m0/s1. The van der Waals surface area contributed by atoms with Crippen LogP contribution in [0.2, 0.25) is 0 Å². The van der Waals surface area contributed by atoms with Gasteiger partial charge < -0.3 is 26.0 Å². The molecule has 0 fully saturated rings. The monoisotopic (exact) mass is 234 g/mol. The molecule has 0 radical (unpaired) electrons. The van der Waals surface area contributed by atoms with E-state index in [1.807, 2.05) is 0 Å². The molecule has 0 aliphatic heterocycles. The number of ether oxygens (including phenoxy) is 1. The van der Waals surface area contributed by atoms with Gasteiger partial charge in [0.2, 0.25) is 5.91 Å². The van der Waals surface area contributed by atoms with E-state index < -0.39 is 43.0 Å². The highest BCUT2D eigenvalue weighted by Gasteiger charge is 2.24. The number of esters is 1. The first kappa shape index (κ1) is 14.3. The van der Waals surface area contributed by atoms with Crippen molar-refractivity contribution >= 4 is 17.8 Å². The molecule has 0 saturated heterocycles. The van der Waals surface area contributed by atoms with Gasteiger partial charge in [-0.2, -0.15) is 0 Å². The molecule has 0 aliphatic carbocycles. The number of hydrogen-bond acceptors (Lipinski definition) is 6. The van der Waals surface area contributed by atoms with E-state index in [4.69, 9.17) is 15.9 Å². The molecule has 0 aromatic carbocycles. The SMILES string of the molecule is COC(=O)[C@@H](CO)NC(=O)[C@@H](N)CC(=O)O. The number of aliphatic hydroxyl groups excluding tert-OH is 1. The van der Waals surface area contributed by atoms with E-state index in [2.05, 4.69) is 10.1 Å². The lowest BCUT2D eigenvalue weighted by atomic mass is 10.2. The molecule has 2 atom stereocenters. The van der Waals surface area contributed by atoms with Gasteiger partial charge in [-0.1, -0.05) is 0 Å². The van der Waals surface area contributed by atoms with Gasteiger partial charge in [-0.15, -0.1) is 0 Å². The summed E-state index contributed by atoms with van der Waals surface area (Å²) in [6.45, 7) is -0.655. The maximum Gasteiger partial charge on any atom is 0.330 e. The van der Waals surface area contributed by atoms with Crippen LogP contribution in [-0.2, 0) is 19.1 Å². The van der Waals surface area contributed by atoms with Crippen LogP contribution >= 0.6 is 0 Å². The molecule has 0 heterocycles. The maximum atomic E-state index is 11.2. The minimum Gasteiger partial charge on any atom is -0.481 e. The Morgan fingerprint density at radius 2 is 2.00 bits per heavy atom. The number of nitrogens with two attached hydrogens (primary N) is 1. The molecule has 16 heavy (non-hydrogen) atoms. The normalized spacial score (nSPS) is 13.7. The molecule has 0 unspecified atom stereocenters. The number of carboxylic acid groups (broad SMARTS) is 1. The van der Waals surface area contributed by atoms with E-state index in [0.717, 1.165) is 7.11 Å². The first-order valence-corrected chi connectivity index (χ1v) is 4.38. The average molecular weight is 234 g/mol. The summed E-state index contributed by atoms with van der Waals surface area (Å²) in [6, 6.07) is -2.52. The van der Waals surface area contributed by atoms with E-state index in [1.165, 1.54) is 0 Å². The molecule has 8 nitrogen and oxygen atoms in total. The van der Waals surface area contributed by atoms with E-state index in [0.29, 0.717) is 0 Å². The minimum atomic E-state index is -1.28. The van der Waals surface area contributed by atoms with Gasteiger partial charge in [0, 0.05) is 0 Å². The molecule has 0 aliphatic rings. The number of amides is 1. The van der Waals surface area contributed by atoms with Gasteiger partial charge in [-0.25, -0.2) is 4.79 Å². The lowest BCUT2D eigenvalue weighted by Crippen LogP contribution is -2.50. The van der Waals surface area contributed by atoms with Crippen LogP contribution in [0.15, 0.2) is 0 Å². The molecule has 0 aromatic rings. The van der Waals surface area contributed by atoms with Crippen LogP contribution in [0.3, 0.4) is 0 Å². The molecule has 0 bridgehead atoms. The van der Waals surface area contributed by atoms with E-state index >= 15 is 0 Å². The van der Waals surface area contributed by atoms with Gasteiger partial charge in [-0.05, 0) is 0 Å². The average Bonchev–Trinajstić information content (AvgIpc) is 2.23. The Bertz CT molecular complexity index is 280. The first-order valence-electron chi connectivity index (χ1n) is 4.38. The highest BCUT2D eigenvalue weighted by Crippen LogP contribution is 1.92. The minimum absolute atomic E-state index is 0.564. The van der Waals surface area contributed by atoms with Gasteiger partial charge in [-0.3, -0.25) is 9.59 Å². The van der Waals surface area contributed by atoms with Gasteiger partial charge in [0.25, 0.3) is 0 Å². The second-order valence-electron chi connectivity index (χ2n) is 2.97. The van der Waals surface area contributed by atoms with E-state index in [1.54, 1.807) is 0 Å². The van der Waals surface area contributed by atoms with Crippen LogP contribution in [0.4, 0.5) is 0 Å². The number of methoxy groups -OCH3 is 1. The van der Waals surface area contributed by atoms with Crippen molar-refractivity contribution in [3.05, 3.63) is 0 Å². The topological polar surface area (TPSA) is 139 Å². The second-order valence-corrected chi connectivity index (χ2v) is 2.97. The largest absolute Gasteiger partial charge is 0.481 e. The molecular weight excluding hydrogens is 220 g/mol. The quantitative estimate of drug-likeness (QED) is 0.370. The summed E-state index contributed by atoms with van der Waals surface area (Å²) >= 11 is 0. The number of rotatable bonds is 6. The van der Waals surface area contributed by atoms with Crippen LogP contribution in [0.5, 0.6) is 0 Å². The van der Waals surface area contributed by atoms with Crippen molar-refractivity contribution in [3.63, 3.8) is 0 Å². The third kappa shape index (κ3) is 4.71. The Kier molecular flexibility index (Phi) is 6.04. The molecule has 5 N–H and O–H groups in total. The Labute approximate surface area is 91.4 Å². The fourth-order valence-corrected chi connectivity index (χ4v) is 0.881. The number of carbonyl (C=O) groups is 3. The third-order valence-corrected chi connectivity index (χ3v) is 1.72. The van der Waals surface area contributed by atoms with Crippen LogP contribution in [0, 0.1) is 0 Å².